The summed E-state index contributed by atoms with van der Waals surface area (Å²) < 4.78 is 5.51. The zero-order valence-electron chi connectivity index (χ0n) is 12.8. The number of ether oxygens (including phenoxy) is 1. The quantitative estimate of drug-likeness (QED) is 0.865. The van der Waals surface area contributed by atoms with Crippen LogP contribution in [0.2, 0.25) is 5.02 Å². The number of amides is 3. The van der Waals surface area contributed by atoms with Gasteiger partial charge in [-0.2, -0.15) is 0 Å². The van der Waals surface area contributed by atoms with Gasteiger partial charge in [-0.05, 0) is 43.9 Å². The van der Waals surface area contributed by atoms with Gasteiger partial charge in [0, 0.05) is 11.6 Å². The molecule has 1 aromatic rings. The molecule has 124 valence electrons. The number of thioether (sulfide) groups is 1. The Labute approximate surface area is 144 Å². The fraction of sp³-hybridized carbons (Fsp3) is 0.500. The Hall–Kier alpha value is -1.24. The van der Waals surface area contributed by atoms with Crippen molar-refractivity contribution < 1.29 is 14.3 Å². The normalized spacial score (nSPS) is 28.0. The molecule has 1 N–H and O–H groups in total. The molecule has 2 aliphatic rings. The number of carbonyl (C=O) groups is 2. The molecule has 0 radical (unpaired) electrons. The maximum Gasteiger partial charge on any atom is 0.327 e. The van der Waals surface area contributed by atoms with Crippen LogP contribution in [0.25, 0.3) is 0 Å². The lowest BCUT2D eigenvalue weighted by molar-refractivity contribution is 0.00000419. The molecule has 1 aromatic carbocycles. The minimum atomic E-state index is -0.377. The second kappa shape index (κ2) is 7.11. The molecule has 2 saturated heterocycles. The molecule has 3 atom stereocenters. The summed E-state index contributed by atoms with van der Waals surface area (Å²) in [6, 6.07) is 6.79. The number of carbonyl (C=O) groups excluding carboxylic acids is 2. The predicted octanol–water partition coefficient (Wildman–Crippen LogP) is 4.17. The molecule has 23 heavy (non-hydrogen) atoms. The van der Waals surface area contributed by atoms with Crippen molar-refractivity contribution >= 4 is 34.6 Å². The summed E-state index contributed by atoms with van der Waals surface area (Å²) in [6.07, 6.45) is 2.53. The number of urea groups is 1. The van der Waals surface area contributed by atoms with Crippen molar-refractivity contribution in [3.8, 4) is 0 Å². The summed E-state index contributed by atoms with van der Waals surface area (Å²) >= 11 is 7.08. The van der Waals surface area contributed by atoms with Crippen LogP contribution in [-0.2, 0) is 4.74 Å². The second-order valence-electron chi connectivity index (χ2n) is 5.77. The summed E-state index contributed by atoms with van der Waals surface area (Å²) in [5.41, 5.74) is 0.990. The molecule has 0 aliphatic carbocycles. The van der Waals surface area contributed by atoms with Crippen molar-refractivity contribution in [2.45, 2.75) is 43.7 Å². The van der Waals surface area contributed by atoms with Crippen molar-refractivity contribution in [3.05, 3.63) is 34.9 Å². The molecule has 0 spiro atoms. The van der Waals surface area contributed by atoms with Crippen LogP contribution < -0.4 is 5.32 Å². The molecular weight excluding hydrogens is 336 g/mol. The monoisotopic (exact) mass is 354 g/mol. The molecule has 0 bridgehead atoms. The van der Waals surface area contributed by atoms with E-state index in [0.717, 1.165) is 24.8 Å². The second-order valence-corrected chi connectivity index (χ2v) is 7.30. The van der Waals surface area contributed by atoms with Crippen LogP contribution in [-0.4, -0.2) is 35.0 Å². The SMILES string of the molecule is CC1C(c2ccc(Cl)cc2)SC(=O)N1C(=O)NC1CCCCO1. The lowest BCUT2D eigenvalue weighted by Gasteiger charge is -2.27. The number of rotatable bonds is 2. The van der Waals surface area contributed by atoms with E-state index in [1.165, 1.54) is 16.7 Å². The van der Waals surface area contributed by atoms with Gasteiger partial charge in [-0.25, -0.2) is 4.79 Å². The maximum atomic E-state index is 12.4. The molecule has 5 nitrogen and oxygen atoms in total. The highest BCUT2D eigenvalue weighted by molar-refractivity contribution is 8.14. The van der Waals surface area contributed by atoms with Crippen LogP contribution in [0.5, 0.6) is 0 Å². The van der Waals surface area contributed by atoms with Crippen LogP contribution in [0, 0.1) is 0 Å². The fourth-order valence-corrected chi connectivity index (χ4v) is 4.21. The van der Waals surface area contributed by atoms with Crippen LogP contribution in [0.4, 0.5) is 9.59 Å². The minimum absolute atomic E-state index is 0.0854. The van der Waals surface area contributed by atoms with Gasteiger partial charge in [0.25, 0.3) is 5.24 Å². The Morgan fingerprint density at radius 1 is 1.35 bits per heavy atom. The van der Waals surface area contributed by atoms with E-state index in [4.69, 9.17) is 16.3 Å². The molecule has 0 saturated carbocycles. The number of imide groups is 1. The summed E-state index contributed by atoms with van der Waals surface area (Å²) in [6.45, 7) is 2.54. The standard InChI is InChI=1S/C16H19ClN2O3S/c1-10-14(11-5-7-12(17)8-6-11)23-16(21)19(10)15(20)18-13-4-2-3-9-22-13/h5-8,10,13-14H,2-4,9H2,1H3,(H,18,20). The fourth-order valence-electron chi connectivity index (χ4n) is 2.89. The summed E-state index contributed by atoms with van der Waals surface area (Å²) in [5.74, 6) is 0. The van der Waals surface area contributed by atoms with Gasteiger partial charge in [0.2, 0.25) is 0 Å². The maximum absolute atomic E-state index is 12.4. The Kier molecular flexibility index (Phi) is 5.14. The van der Waals surface area contributed by atoms with Crippen LogP contribution in [0.1, 0.15) is 37.0 Å². The van der Waals surface area contributed by atoms with E-state index in [-0.39, 0.29) is 28.8 Å². The topological polar surface area (TPSA) is 58.6 Å². The van der Waals surface area contributed by atoms with E-state index in [1.807, 2.05) is 19.1 Å². The smallest absolute Gasteiger partial charge is 0.327 e. The van der Waals surface area contributed by atoms with Crippen LogP contribution in [0.15, 0.2) is 24.3 Å². The zero-order valence-corrected chi connectivity index (χ0v) is 14.4. The number of hydrogen-bond acceptors (Lipinski definition) is 4. The van der Waals surface area contributed by atoms with E-state index in [1.54, 1.807) is 12.1 Å². The highest BCUT2D eigenvalue weighted by Gasteiger charge is 2.42. The molecule has 2 aliphatic heterocycles. The highest BCUT2D eigenvalue weighted by atomic mass is 35.5. The van der Waals surface area contributed by atoms with Crippen molar-refractivity contribution in [1.82, 2.24) is 10.2 Å². The van der Waals surface area contributed by atoms with Crippen LogP contribution >= 0.6 is 23.4 Å². The first-order valence-corrected chi connectivity index (χ1v) is 8.99. The molecule has 3 amide bonds. The molecule has 3 unspecified atom stereocenters. The Morgan fingerprint density at radius 2 is 2.09 bits per heavy atom. The van der Waals surface area contributed by atoms with E-state index in [0.29, 0.717) is 11.6 Å². The molecular formula is C16H19ClN2O3S. The van der Waals surface area contributed by atoms with Gasteiger partial charge in [-0.1, -0.05) is 35.5 Å². The lowest BCUT2D eigenvalue weighted by Crippen LogP contribution is -2.49. The van der Waals surface area contributed by atoms with Crippen LogP contribution in [0.3, 0.4) is 0 Å². The van der Waals surface area contributed by atoms with Gasteiger partial charge in [0.05, 0.1) is 11.3 Å². The summed E-state index contributed by atoms with van der Waals surface area (Å²) in [5, 5.41) is 3.15. The number of nitrogens with one attached hydrogen (secondary N) is 1. The Bertz CT molecular complexity index is 589. The Morgan fingerprint density at radius 3 is 2.74 bits per heavy atom. The summed E-state index contributed by atoms with van der Waals surface area (Å²) in [4.78, 5) is 26.0. The third-order valence-corrected chi connectivity index (χ3v) is 5.72. The molecule has 2 fully saturated rings. The minimum Gasteiger partial charge on any atom is -0.358 e. The lowest BCUT2D eigenvalue weighted by atomic mass is 10.1. The predicted molar refractivity (Wildman–Crippen MR) is 90.6 cm³/mol. The third kappa shape index (κ3) is 3.65. The van der Waals surface area contributed by atoms with Crippen molar-refractivity contribution in [3.63, 3.8) is 0 Å². The van der Waals surface area contributed by atoms with Crippen molar-refractivity contribution in [2.24, 2.45) is 0 Å². The van der Waals surface area contributed by atoms with E-state index in [2.05, 4.69) is 5.32 Å². The summed E-state index contributed by atoms with van der Waals surface area (Å²) in [7, 11) is 0. The van der Waals surface area contributed by atoms with Gasteiger partial charge >= 0.3 is 6.03 Å². The molecule has 3 rings (SSSR count). The average molecular weight is 355 g/mol. The number of nitrogens with zero attached hydrogens (tertiary/aromatic N) is 1. The average Bonchev–Trinajstić information content (AvgIpc) is 2.84. The van der Waals surface area contributed by atoms with E-state index < -0.39 is 0 Å². The number of benzene rings is 1. The third-order valence-electron chi connectivity index (χ3n) is 4.15. The first-order valence-electron chi connectivity index (χ1n) is 7.73. The van der Waals surface area contributed by atoms with Gasteiger partial charge in [0.15, 0.2) is 0 Å². The largest absolute Gasteiger partial charge is 0.358 e. The number of halogens is 1. The van der Waals surface area contributed by atoms with E-state index in [9.17, 15) is 9.59 Å². The van der Waals surface area contributed by atoms with Crippen molar-refractivity contribution in [2.75, 3.05) is 6.61 Å². The molecule has 0 aromatic heterocycles. The molecule has 7 heteroatoms. The van der Waals surface area contributed by atoms with E-state index >= 15 is 0 Å². The first kappa shape index (κ1) is 16.6. The Balaban J connectivity index is 1.69. The van der Waals surface area contributed by atoms with Crippen molar-refractivity contribution in [1.29, 1.82) is 0 Å². The van der Waals surface area contributed by atoms with Gasteiger partial charge < -0.3 is 10.1 Å². The van der Waals surface area contributed by atoms with Gasteiger partial charge in [-0.3, -0.25) is 9.69 Å². The highest BCUT2D eigenvalue weighted by Crippen LogP contribution is 2.43. The van der Waals surface area contributed by atoms with Gasteiger partial charge in [0.1, 0.15) is 6.23 Å². The first-order chi connectivity index (χ1) is 11.1. The number of hydrogen-bond donors (Lipinski definition) is 1. The zero-order chi connectivity index (χ0) is 16.4. The van der Waals surface area contributed by atoms with Gasteiger partial charge in [-0.15, -0.1) is 0 Å². The molecule has 2 heterocycles.